The first-order valence-corrected chi connectivity index (χ1v) is 7.64. The van der Waals surface area contributed by atoms with Crippen molar-refractivity contribution in [2.75, 3.05) is 5.88 Å². The average Bonchev–Trinajstić information content (AvgIpc) is 2.96. The number of hydrogen-bond donors (Lipinski definition) is 0. The summed E-state index contributed by atoms with van der Waals surface area (Å²) in [5.41, 5.74) is 1.60. The zero-order valence-electron chi connectivity index (χ0n) is 10.9. The number of aromatic nitrogens is 3. The van der Waals surface area contributed by atoms with Crippen molar-refractivity contribution in [3.8, 4) is 0 Å². The molecule has 1 aromatic carbocycles. The number of imidazole rings is 1. The van der Waals surface area contributed by atoms with Crippen molar-refractivity contribution >= 4 is 34.0 Å². The van der Waals surface area contributed by atoms with Crippen LogP contribution in [0.2, 0.25) is 0 Å². The maximum Gasteiger partial charge on any atom is 0.125 e. The molecule has 20 heavy (non-hydrogen) atoms. The minimum atomic E-state index is -0.253. The molecule has 0 unspecified atom stereocenters. The second-order valence-corrected chi connectivity index (χ2v) is 6.23. The summed E-state index contributed by atoms with van der Waals surface area (Å²) in [7, 11) is 0. The molecule has 6 heteroatoms. The summed E-state index contributed by atoms with van der Waals surface area (Å²) in [6.45, 7) is 2.62. The van der Waals surface area contributed by atoms with Crippen molar-refractivity contribution in [2.45, 2.75) is 19.9 Å². The quantitative estimate of drug-likeness (QED) is 0.687. The molecule has 2 aromatic heterocycles. The predicted molar refractivity (Wildman–Crippen MR) is 80.1 cm³/mol. The summed E-state index contributed by atoms with van der Waals surface area (Å²) in [4.78, 5) is 9.92. The number of fused-ring (bicyclic) bond motifs is 1. The van der Waals surface area contributed by atoms with Gasteiger partial charge in [0, 0.05) is 23.4 Å². The largest absolute Gasteiger partial charge is 0.322 e. The number of alkyl halides is 1. The molecule has 0 saturated carbocycles. The van der Waals surface area contributed by atoms with E-state index in [0.717, 1.165) is 26.7 Å². The van der Waals surface area contributed by atoms with Crippen LogP contribution in [0, 0.1) is 12.7 Å². The van der Waals surface area contributed by atoms with E-state index in [1.807, 2.05) is 17.7 Å². The van der Waals surface area contributed by atoms with Gasteiger partial charge in [0.05, 0.1) is 22.6 Å². The Morgan fingerprint density at radius 3 is 2.95 bits per heavy atom. The fourth-order valence-electron chi connectivity index (χ4n) is 2.23. The normalized spacial score (nSPS) is 11.3. The van der Waals surface area contributed by atoms with Crippen LogP contribution in [-0.2, 0) is 13.0 Å². The van der Waals surface area contributed by atoms with E-state index in [9.17, 15) is 4.39 Å². The molecule has 0 saturated heterocycles. The molecule has 104 valence electrons. The monoisotopic (exact) mass is 309 g/mol. The number of nitrogens with zero attached hydrogens (tertiary/aromatic N) is 3. The molecule has 3 aromatic rings. The minimum absolute atomic E-state index is 0.253. The molecule has 0 bridgehead atoms. The fourth-order valence-corrected chi connectivity index (χ4v) is 3.18. The fraction of sp³-hybridized carbons (Fsp3) is 0.286. The van der Waals surface area contributed by atoms with E-state index in [2.05, 4.69) is 9.97 Å². The van der Waals surface area contributed by atoms with Gasteiger partial charge in [0.25, 0.3) is 0 Å². The van der Waals surface area contributed by atoms with Crippen LogP contribution in [0.15, 0.2) is 24.4 Å². The molecule has 0 aliphatic rings. The van der Waals surface area contributed by atoms with Gasteiger partial charge in [0.1, 0.15) is 11.6 Å². The maximum atomic E-state index is 13.5. The van der Waals surface area contributed by atoms with Crippen LogP contribution in [0.5, 0.6) is 0 Å². The zero-order valence-corrected chi connectivity index (χ0v) is 12.5. The van der Waals surface area contributed by atoms with Gasteiger partial charge in [0.15, 0.2) is 0 Å². The van der Waals surface area contributed by atoms with E-state index in [-0.39, 0.29) is 5.82 Å². The molecule has 0 fully saturated rings. The number of hydrogen-bond acceptors (Lipinski definition) is 3. The van der Waals surface area contributed by atoms with Gasteiger partial charge in [-0.1, -0.05) is 0 Å². The van der Waals surface area contributed by atoms with E-state index in [4.69, 9.17) is 11.6 Å². The molecule has 0 N–H and O–H groups in total. The van der Waals surface area contributed by atoms with Gasteiger partial charge in [-0.15, -0.1) is 22.9 Å². The Kier molecular flexibility index (Phi) is 3.72. The molecule has 0 aliphatic carbocycles. The zero-order chi connectivity index (χ0) is 14.1. The number of benzene rings is 1. The first-order valence-electron chi connectivity index (χ1n) is 6.29. The van der Waals surface area contributed by atoms with Crippen LogP contribution in [-0.4, -0.2) is 20.4 Å². The van der Waals surface area contributed by atoms with Crippen LogP contribution < -0.4 is 0 Å². The highest BCUT2D eigenvalue weighted by Crippen LogP contribution is 2.22. The Balaban J connectivity index is 2.09. The lowest BCUT2D eigenvalue weighted by Crippen LogP contribution is -2.05. The number of aryl methyl sites for hydroxylation is 2. The number of rotatable bonds is 4. The molecule has 3 nitrogen and oxygen atoms in total. The Morgan fingerprint density at radius 1 is 1.40 bits per heavy atom. The lowest BCUT2D eigenvalue weighted by Gasteiger charge is -2.06. The number of thiazole rings is 1. The van der Waals surface area contributed by atoms with Crippen LogP contribution in [0.25, 0.3) is 11.0 Å². The molecule has 3 rings (SSSR count). The molecular formula is C14H13ClFN3S. The molecular weight excluding hydrogens is 297 g/mol. The van der Waals surface area contributed by atoms with E-state index in [1.54, 1.807) is 17.4 Å². The van der Waals surface area contributed by atoms with Crippen molar-refractivity contribution in [1.82, 2.24) is 14.5 Å². The van der Waals surface area contributed by atoms with Crippen molar-refractivity contribution in [3.05, 3.63) is 45.9 Å². The summed E-state index contributed by atoms with van der Waals surface area (Å²) in [6.07, 6.45) is 2.52. The lowest BCUT2D eigenvalue weighted by atomic mass is 10.3. The van der Waals surface area contributed by atoms with E-state index >= 15 is 0 Å². The Hall–Kier alpha value is -1.46. The third-order valence-electron chi connectivity index (χ3n) is 3.09. The van der Waals surface area contributed by atoms with Crippen LogP contribution in [0.4, 0.5) is 4.39 Å². The van der Waals surface area contributed by atoms with Crippen molar-refractivity contribution in [3.63, 3.8) is 0 Å². The van der Waals surface area contributed by atoms with Gasteiger partial charge in [-0.3, -0.25) is 0 Å². The molecule has 0 radical (unpaired) electrons. The van der Waals surface area contributed by atoms with Gasteiger partial charge in [-0.2, -0.15) is 0 Å². The predicted octanol–water partition coefficient (Wildman–Crippen LogP) is 3.77. The Morgan fingerprint density at radius 2 is 2.25 bits per heavy atom. The molecule has 0 atom stereocenters. The summed E-state index contributed by atoms with van der Waals surface area (Å²) in [6, 6.07) is 4.66. The first-order chi connectivity index (χ1) is 9.67. The van der Waals surface area contributed by atoms with E-state index < -0.39 is 0 Å². The average molecular weight is 310 g/mol. The topological polar surface area (TPSA) is 30.7 Å². The molecule has 2 heterocycles. The van der Waals surface area contributed by atoms with E-state index in [0.29, 0.717) is 18.8 Å². The van der Waals surface area contributed by atoms with Gasteiger partial charge >= 0.3 is 0 Å². The van der Waals surface area contributed by atoms with Crippen LogP contribution >= 0.6 is 22.9 Å². The van der Waals surface area contributed by atoms with Gasteiger partial charge < -0.3 is 4.57 Å². The summed E-state index contributed by atoms with van der Waals surface area (Å²) >= 11 is 7.48. The second kappa shape index (κ2) is 5.50. The standard InChI is InChI=1S/C14H13ClFN3S/c1-9-17-7-11(20-9)8-19-13-6-10(16)2-3-12(13)18-14(19)4-5-15/h2-3,6-7H,4-5,8H2,1H3. The smallest absolute Gasteiger partial charge is 0.125 e. The number of halogens is 2. The third kappa shape index (κ3) is 2.55. The maximum absolute atomic E-state index is 13.5. The minimum Gasteiger partial charge on any atom is -0.322 e. The van der Waals surface area contributed by atoms with Crippen LogP contribution in [0.3, 0.4) is 0 Å². The lowest BCUT2D eigenvalue weighted by molar-refractivity contribution is 0.628. The SMILES string of the molecule is Cc1ncc(Cn2c(CCCl)nc3ccc(F)cc32)s1. The third-order valence-corrected chi connectivity index (χ3v) is 4.18. The van der Waals surface area contributed by atoms with Gasteiger partial charge in [0.2, 0.25) is 0 Å². The Labute approximate surface area is 125 Å². The Bertz CT molecular complexity index is 750. The van der Waals surface area contributed by atoms with Gasteiger partial charge in [-0.05, 0) is 25.1 Å². The van der Waals surface area contributed by atoms with Crippen molar-refractivity contribution < 1.29 is 4.39 Å². The highest BCUT2D eigenvalue weighted by atomic mass is 35.5. The molecule has 0 amide bonds. The molecule has 0 spiro atoms. The van der Waals surface area contributed by atoms with Gasteiger partial charge in [-0.25, -0.2) is 14.4 Å². The first kappa shape index (κ1) is 13.5. The van der Waals surface area contributed by atoms with Crippen molar-refractivity contribution in [1.29, 1.82) is 0 Å². The highest BCUT2D eigenvalue weighted by Gasteiger charge is 2.12. The highest BCUT2D eigenvalue weighted by molar-refractivity contribution is 7.11. The van der Waals surface area contributed by atoms with Crippen LogP contribution in [0.1, 0.15) is 15.7 Å². The summed E-state index contributed by atoms with van der Waals surface area (Å²) in [5.74, 6) is 1.12. The summed E-state index contributed by atoms with van der Waals surface area (Å²) in [5, 5.41) is 1.02. The van der Waals surface area contributed by atoms with E-state index in [1.165, 1.54) is 12.1 Å². The van der Waals surface area contributed by atoms with Crippen molar-refractivity contribution in [2.24, 2.45) is 0 Å². The molecule has 0 aliphatic heterocycles. The summed E-state index contributed by atoms with van der Waals surface area (Å²) < 4.78 is 15.5. The second-order valence-electron chi connectivity index (χ2n) is 4.53.